The van der Waals surface area contributed by atoms with E-state index in [1.54, 1.807) is 6.20 Å². The van der Waals surface area contributed by atoms with E-state index in [-0.39, 0.29) is 5.91 Å². The van der Waals surface area contributed by atoms with E-state index in [4.69, 9.17) is 11.6 Å². The smallest absolute Gasteiger partial charge is 0.228 e. The van der Waals surface area contributed by atoms with Crippen LogP contribution < -0.4 is 4.90 Å². The Morgan fingerprint density at radius 3 is 2.72 bits per heavy atom. The minimum atomic E-state index is 0.112. The molecule has 1 aliphatic heterocycles. The van der Waals surface area contributed by atoms with Crippen LogP contribution in [-0.4, -0.2) is 52.2 Å². The molecule has 3 heterocycles. The monoisotopic (exact) mass is 355 g/mol. The van der Waals surface area contributed by atoms with Crippen LogP contribution in [0.2, 0.25) is 5.02 Å². The number of nitrogens with zero attached hydrogens (tertiary/aromatic N) is 4. The van der Waals surface area contributed by atoms with E-state index in [2.05, 4.69) is 20.1 Å². The maximum atomic E-state index is 12.6. The number of nitrogens with one attached hydrogen (secondary N) is 1. The van der Waals surface area contributed by atoms with Gasteiger partial charge in [0, 0.05) is 37.8 Å². The number of amides is 1. The first kappa shape index (κ1) is 15.9. The first-order valence-electron chi connectivity index (χ1n) is 8.27. The first-order valence-corrected chi connectivity index (χ1v) is 8.65. The number of hydrogen-bond donors (Lipinski definition) is 1. The van der Waals surface area contributed by atoms with Gasteiger partial charge in [-0.15, -0.1) is 0 Å². The van der Waals surface area contributed by atoms with E-state index in [0.717, 1.165) is 35.5 Å². The van der Waals surface area contributed by atoms with Crippen molar-refractivity contribution in [1.29, 1.82) is 0 Å². The summed E-state index contributed by atoms with van der Waals surface area (Å²) in [6.45, 7) is 2.79. The summed E-state index contributed by atoms with van der Waals surface area (Å²) >= 11 is 6.21. The summed E-state index contributed by atoms with van der Waals surface area (Å²) in [4.78, 5) is 21.0. The lowest BCUT2D eigenvalue weighted by Gasteiger charge is -2.35. The van der Waals surface area contributed by atoms with Crippen molar-refractivity contribution in [2.24, 2.45) is 0 Å². The summed E-state index contributed by atoms with van der Waals surface area (Å²) < 4.78 is 0. The Morgan fingerprint density at radius 2 is 1.92 bits per heavy atom. The number of hydrogen-bond acceptors (Lipinski definition) is 4. The molecular formula is C18H18ClN5O. The maximum Gasteiger partial charge on any atom is 0.228 e. The zero-order valence-corrected chi connectivity index (χ0v) is 14.4. The summed E-state index contributed by atoms with van der Waals surface area (Å²) in [6, 6.07) is 11.5. The summed E-state index contributed by atoms with van der Waals surface area (Å²) in [5, 5.41) is 8.90. The number of anilines is 1. The summed E-state index contributed by atoms with van der Waals surface area (Å²) in [5.41, 5.74) is 1.76. The lowest BCUT2D eigenvalue weighted by Crippen LogP contribution is -2.49. The Labute approximate surface area is 150 Å². The molecule has 1 amide bonds. The molecule has 128 valence electrons. The van der Waals surface area contributed by atoms with Gasteiger partial charge in [0.1, 0.15) is 5.82 Å². The molecule has 0 aliphatic carbocycles. The van der Waals surface area contributed by atoms with Crippen molar-refractivity contribution in [2.45, 2.75) is 6.42 Å². The summed E-state index contributed by atoms with van der Waals surface area (Å²) in [6.07, 6.45) is 2.08. The predicted molar refractivity (Wildman–Crippen MR) is 97.8 cm³/mol. The highest BCUT2D eigenvalue weighted by Crippen LogP contribution is 2.23. The molecule has 0 bridgehead atoms. The van der Waals surface area contributed by atoms with Crippen LogP contribution >= 0.6 is 11.6 Å². The fraction of sp³-hybridized carbons (Fsp3) is 0.278. The molecule has 25 heavy (non-hydrogen) atoms. The molecule has 0 atom stereocenters. The molecule has 1 fully saturated rings. The van der Waals surface area contributed by atoms with Gasteiger partial charge in [-0.25, -0.2) is 4.98 Å². The average molecular weight is 356 g/mol. The zero-order chi connectivity index (χ0) is 17.2. The fourth-order valence-corrected chi connectivity index (χ4v) is 3.43. The van der Waals surface area contributed by atoms with Crippen LogP contribution in [0.4, 0.5) is 5.82 Å². The van der Waals surface area contributed by atoms with Crippen LogP contribution in [0.1, 0.15) is 5.69 Å². The first-order chi connectivity index (χ1) is 12.2. The van der Waals surface area contributed by atoms with Crippen LogP contribution in [0.15, 0.2) is 42.6 Å². The number of carbonyl (C=O) groups excluding carboxylic acids is 1. The van der Waals surface area contributed by atoms with Gasteiger partial charge in [-0.1, -0.05) is 29.8 Å². The molecular weight excluding hydrogens is 338 g/mol. The Kier molecular flexibility index (Phi) is 4.28. The fourth-order valence-electron chi connectivity index (χ4n) is 3.19. The standard InChI is InChI=1S/C18H18ClN5O/c19-14-5-3-7-20-18(14)24-10-8-23(9-11-24)17(25)12-16-13-4-1-2-6-15(13)21-22-16/h1-7H,8-12H2,(H,21,22). The van der Waals surface area contributed by atoms with Crippen LogP contribution in [0.3, 0.4) is 0 Å². The van der Waals surface area contributed by atoms with Crippen molar-refractivity contribution >= 4 is 34.2 Å². The Balaban J connectivity index is 1.41. The number of H-pyrrole nitrogens is 1. The minimum Gasteiger partial charge on any atom is -0.352 e. The molecule has 6 nitrogen and oxygen atoms in total. The van der Waals surface area contributed by atoms with Gasteiger partial charge in [0.25, 0.3) is 0 Å². The Hall–Kier alpha value is -2.60. The van der Waals surface area contributed by atoms with Crippen LogP contribution in [0, 0.1) is 0 Å². The van der Waals surface area contributed by atoms with Gasteiger partial charge >= 0.3 is 0 Å². The SMILES string of the molecule is O=C(Cc1[nH]nc2ccccc12)N1CCN(c2ncccc2Cl)CC1. The van der Waals surface area contributed by atoms with Gasteiger partial charge in [-0.2, -0.15) is 5.10 Å². The molecule has 3 aromatic rings. The number of aromatic nitrogens is 3. The number of piperazine rings is 1. The second-order valence-corrected chi connectivity index (χ2v) is 6.48. The van der Waals surface area contributed by atoms with Gasteiger partial charge < -0.3 is 9.80 Å². The van der Waals surface area contributed by atoms with E-state index >= 15 is 0 Å². The van der Waals surface area contributed by atoms with E-state index < -0.39 is 0 Å². The molecule has 0 spiro atoms. The molecule has 0 unspecified atom stereocenters. The quantitative estimate of drug-likeness (QED) is 0.784. The predicted octanol–water partition coefficient (Wildman–Crippen LogP) is 2.50. The number of fused-ring (bicyclic) bond motifs is 1. The Bertz CT molecular complexity index is 901. The van der Waals surface area contributed by atoms with Crippen molar-refractivity contribution in [3.63, 3.8) is 0 Å². The van der Waals surface area contributed by atoms with Crippen LogP contribution in [0.5, 0.6) is 0 Å². The van der Waals surface area contributed by atoms with Crippen molar-refractivity contribution < 1.29 is 4.79 Å². The maximum absolute atomic E-state index is 12.6. The van der Waals surface area contributed by atoms with Gasteiger partial charge in [-0.05, 0) is 18.2 Å². The number of para-hydroxylation sites is 1. The minimum absolute atomic E-state index is 0.112. The summed E-state index contributed by atoms with van der Waals surface area (Å²) in [5.74, 6) is 0.900. The highest BCUT2D eigenvalue weighted by molar-refractivity contribution is 6.32. The van der Waals surface area contributed by atoms with E-state index in [0.29, 0.717) is 24.5 Å². The molecule has 2 aromatic heterocycles. The molecule has 0 radical (unpaired) electrons. The second-order valence-electron chi connectivity index (χ2n) is 6.07. The molecule has 4 rings (SSSR count). The highest BCUT2D eigenvalue weighted by atomic mass is 35.5. The van der Waals surface area contributed by atoms with E-state index in [1.165, 1.54) is 0 Å². The number of benzene rings is 1. The number of halogens is 1. The largest absolute Gasteiger partial charge is 0.352 e. The topological polar surface area (TPSA) is 65.1 Å². The third-order valence-electron chi connectivity index (χ3n) is 4.54. The zero-order valence-electron chi connectivity index (χ0n) is 13.7. The molecule has 0 saturated carbocycles. The number of pyridine rings is 1. The van der Waals surface area contributed by atoms with Gasteiger partial charge in [0.2, 0.25) is 5.91 Å². The number of rotatable bonds is 3. The third-order valence-corrected chi connectivity index (χ3v) is 4.83. The number of carbonyl (C=O) groups is 1. The number of aromatic amines is 1. The average Bonchev–Trinajstić information content (AvgIpc) is 3.05. The van der Waals surface area contributed by atoms with Crippen LogP contribution in [0.25, 0.3) is 10.9 Å². The van der Waals surface area contributed by atoms with Crippen molar-refractivity contribution in [3.05, 3.63) is 53.3 Å². The van der Waals surface area contributed by atoms with Crippen molar-refractivity contribution in [1.82, 2.24) is 20.1 Å². The normalized spacial score (nSPS) is 14.9. The van der Waals surface area contributed by atoms with E-state index in [1.807, 2.05) is 41.3 Å². The lowest BCUT2D eigenvalue weighted by atomic mass is 10.1. The van der Waals surface area contributed by atoms with Crippen LogP contribution in [-0.2, 0) is 11.2 Å². The third kappa shape index (κ3) is 3.17. The van der Waals surface area contributed by atoms with Gasteiger partial charge in [-0.3, -0.25) is 9.89 Å². The summed E-state index contributed by atoms with van der Waals surface area (Å²) in [7, 11) is 0. The second kappa shape index (κ2) is 6.72. The van der Waals surface area contributed by atoms with Gasteiger partial charge in [0.05, 0.1) is 22.7 Å². The molecule has 7 heteroatoms. The molecule has 1 saturated heterocycles. The van der Waals surface area contributed by atoms with E-state index in [9.17, 15) is 4.79 Å². The van der Waals surface area contributed by atoms with Gasteiger partial charge in [0.15, 0.2) is 0 Å². The van der Waals surface area contributed by atoms with Crippen molar-refractivity contribution in [2.75, 3.05) is 31.1 Å². The van der Waals surface area contributed by atoms with Crippen molar-refractivity contribution in [3.8, 4) is 0 Å². The Morgan fingerprint density at radius 1 is 1.12 bits per heavy atom. The molecule has 1 N–H and O–H groups in total. The molecule has 1 aromatic carbocycles. The lowest BCUT2D eigenvalue weighted by molar-refractivity contribution is -0.130. The molecule has 1 aliphatic rings. The highest BCUT2D eigenvalue weighted by Gasteiger charge is 2.23.